The normalized spacial score (nSPS) is 38.8. The van der Waals surface area contributed by atoms with Gasteiger partial charge in [0, 0.05) is 13.9 Å². The van der Waals surface area contributed by atoms with Crippen LogP contribution in [0.5, 0.6) is 0 Å². The molecule has 3 aliphatic carbocycles. The maximum absolute atomic E-state index is 12.9. The first-order chi connectivity index (χ1) is 6.53. The van der Waals surface area contributed by atoms with Crippen LogP contribution in [0.4, 0.5) is 4.39 Å². The third kappa shape index (κ3) is 1.10. The van der Waals surface area contributed by atoms with Crippen LogP contribution in [0, 0.1) is 5.82 Å². The Morgan fingerprint density at radius 1 is 1.29 bits per heavy atom. The molecule has 1 aromatic carbocycles. The zero-order valence-corrected chi connectivity index (χ0v) is 10.4. The summed E-state index contributed by atoms with van der Waals surface area (Å²) in [5, 5.41) is 0.600. The Labute approximate surface area is 101 Å². The first-order valence-corrected chi connectivity index (χ1v) is 6.13. The molecule has 3 heteroatoms. The molecule has 0 saturated heterocycles. The number of rotatable bonds is 1. The Morgan fingerprint density at radius 2 is 1.93 bits per heavy atom. The van der Waals surface area contributed by atoms with E-state index in [0.29, 0.717) is 13.9 Å². The van der Waals surface area contributed by atoms with Crippen LogP contribution in [0.3, 0.4) is 0 Å². The van der Waals surface area contributed by atoms with Gasteiger partial charge >= 0.3 is 0 Å². The van der Waals surface area contributed by atoms with Gasteiger partial charge in [0.25, 0.3) is 0 Å². The molecule has 0 aliphatic heterocycles. The summed E-state index contributed by atoms with van der Waals surface area (Å²) in [5.74, 6) is -0.241. The van der Waals surface area contributed by atoms with E-state index in [1.165, 1.54) is 31.4 Å². The van der Waals surface area contributed by atoms with Crippen molar-refractivity contribution in [2.45, 2.75) is 28.1 Å². The summed E-state index contributed by atoms with van der Waals surface area (Å²) in [6.45, 7) is 0. The number of hydrogen-bond donors (Lipinski definition) is 0. The van der Waals surface area contributed by atoms with Crippen LogP contribution < -0.4 is 0 Å². The van der Waals surface area contributed by atoms with Gasteiger partial charge < -0.3 is 0 Å². The summed E-state index contributed by atoms with van der Waals surface area (Å²) in [4.78, 5) is 0. The summed E-state index contributed by atoms with van der Waals surface area (Å²) < 4.78 is 13.4. The van der Waals surface area contributed by atoms with E-state index >= 15 is 0 Å². The molecular formula is C11H9ClFI. The van der Waals surface area contributed by atoms with Crippen molar-refractivity contribution in [2.24, 2.45) is 0 Å². The van der Waals surface area contributed by atoms with E-state index in [2.05, 4.69) is 22.6 Å². The molecule has 2 bridgehead atoms. The third-order valence-corrected chi connectivity index (χ3v) is 4.92. The molecule has 0 radical (unpaired) electrons. The van der Waals surface area contributed by atoms with E-state index in [-0.39, 0.29) is 5.82 Å². The van der Waals surface area contributed by atoms with Gasteiger partial charge in [-0.25, -0.2) is 4.39 Å². The molecule has 0 unspecified atom stereocenters. The maximum Gasteiger partial charge on any atom is 0.124 e. The third-order valence-electron chi connectivity index (χ3n) is 3.47. The van der Waals surface area contributed by atoms with Crippen molar-refractivity contribution in [3.05, 3.63) is 34.6 Å². The van der Waals surface area contributed by atoms with Gasteiger partial charge in [-0.05, 0) is 37.0 Å². The second-order valence-electron chi connectivity index (χ2n) is 4.59. The minimum absolute atomic E-state index is 0.241. The zero-order chi connectivity index (χ0) is 9.97. The molecule has 74 valence electrons. The van der Waals surface area contributed by atoms with E-state index in [0.717, 1.165) is 5.56 Å². The first-order valence-electron chi connectivity index (χ1n) is 4.68. The molecule has 0 aromatic heterocycles. The number of halogens is 3. The van der Waals surface area contributed by atoms with E-state index in [1.807, 2.05) is 6.07 Å². The van der Waals surface area contributed by atoms with Crippen molar-refractivity contribution in [2.75, 3.05) is 0 Å². The highest BCUT2D eigenvalue weighted by Gasteiger charge is 2.67. The standard InChI is InChI=1S/C11H9ClFI/c12-9-3-7(13)1-2-8(9)10-4-11(14,5-10)6-10/h1-3H,4-6H2. The van der Waals surface area contributed by atoms with E-state index in [4.69, 9.17) is 11.6 Å². The lowest BCUT2D eigenvalue weighted by Gasteiger charge is -2.68. The topological polar surface area (TPSA) is 0 Å². The predicted molar refractivity (Wildman–Crippen MR) is 63.7 cm³/mol. The minimum atomic E-state index is -0.241. The average Bonchev–Trinajstić information content (AvgIpc) is 1.98. The van der Waals surface area contributed by atoms with Crippen LogP contribution in [-0.4, -0.2) is 3.42 Å². The Kier molecular flexibility index (Phi) is 1.77. The number of hydrogen-bond acceptors (Lipinski definition) is 0. The van der Waals surface area contributed by atoms with E-state index in [9.17, 15) is 4.39 Å². The zero-order valence-electron chi connectivity index (χ0n) is 7.49. The number of alkyl halides is 1. The van der Waals surface area contributed by atoms with Crippen LogP contribution in [0.15, 0.2) is 18.2 Å². The Morgan fingerprint density at radius 3 is 2.43 bits per heavy atom. The molecule has 0 amide bonds. The second kappa shape index (κ2) is 2.64. The molecule has 0 atom stereocenters. The lowest BCUT2D eigenvalue weighted by Crippen LogP contribution is -2.66. The minimum Gasteiger partial charge on any atom is -0.207 e. The van der Waals surface area contributed by atoms with Gasteiger partial charge in [-0.2, -0.15) is 0 Å². The average molecular weight is 323 g/mol. The van der Waals surface area contributed by atoms with Gasteiger partial charge in [-0.15, -0.1) is 0 Å². The molecule has 0 heterocycles. The Balaban J connectivity index is 1.99. The van der Waals surface area contributed by atoms with Gasteiger partial charge in [-0.3, -0.25) is 0 Å². The van der Waals surface area contributed by atoms with Gasteiger partial charge in [0.05, 0.1) is 0 Å². The maximum atomic E-state index is 12.9. The molecule has 0 spiro atoms. The fraction of sp³-hybridized carbons (Fsp3) is 0.455. The second-order valence-corrected chi connectivity index (χ2v) is 7.28. The van der Waals surface area contributed by atoms with Crippen LogP contribution >= 0.6 is 34.2 Å². The fourth-order valence-electron chi connectivity index (χ4n) is 2.87. The van der Waals surface area contributed by atoms with Gasteiger partial charge in [0.15, 0.2) is 0 Å². The van der Waals surface area contributed by atoms with Crippen LogP contribution in [0.2, 0.25) is 5.02 Å². The van der Waals surface area contributed by atoms with Crippen molar-refractivity contribution in [3.63, 3.8) is 0 Å². The van der Waals surface area contributed by atoms with Crippen LogP contribution in [-0.2, 0) is 5.41 Å². The molecule has 4 rings (SSSR count). The number of benzene rings is 1. The van der Waals surface area contributed by atoms with Crippen molar-refractivity contribution < 1.29 is 4.39 Å². The van der Waals surface area contributed by atoms with E-state index in [1.54, 1.807) is 0 Å². The smallest absolute Gasteiger partial charge is 0.124 e. The van der Waals surface area contributed by atoms with Crippen LogP contribution in [0.1, 0.15) is 24.8 Å². The fourth-order valence-corrected chi connectivity index (χ4v) is 5.43. The lowest BCUT2D eigenvalue weighted by atomic mass is 9.42. The summed E-state index contributed by atoms with van der Waals surface area (Å²) in [7, 11) is 0. The molecule has 14 heavy (non-hydrogen) atoms. The highest BCUT2D eigenvalue weighted by atomic mass is 127. The quantitative estimate of drug-likeness (QED) is 0.540. The monoisotopic (exact) mass is 322 g/mol. The van der Waals surface area contributed by atoms with Crippen LogP contribution in [0.25, 0.3) is 0 Å². The van der Waals surface area contributed by atoms with Gasteiger partial charge in [0.2, 0.25) is 0 Å². The van der Waals surface area contributed by atoms with Crippen molar-refractivity contribution in [3.8, 4) is 0 Å². The largest absolute Gasteiger partial charge is 0.207 e. The first kappa shape index (κ1) is 9.40. The van der Waals surface area contributed by atoms with Gasteiger partial charge in [0.1, 0.15) is 5.82 Å². The lowest BCUT2D eigenvalue weighted by molar-refractivity contribution is 0.0221. The van der Waals surface area contributed by atoms with E-state index < -0.39 is 0 Å². The molecule has 0 N–H and O–H groups in total. The SMILES string of the molecule is Fc1ccc(C23CC(I)(C2)C3)c(Cl)c1. The summed E-state index contributed by atoms with van der Waals surface area (Å²) in [6, 6.07) is 4.80. The molecule has 3 saturated carbocycles. The predicted octanol–water partition coefficient (Wildman–Crippen LogP) is 4.09. The summed E-state index contributed by atoms with van der Waals surface area (Å²) >= 11 is 8.59. The highest BCUT2D eigenvalue weighted by Crippen LogP contribution is 2.72. The molecule has 0 nitrogen and oxygen atoms in total. The van der Waals surface area contributed by atoms with Gasteiger partial charge in [-0.1, -0.05) is 40.3 Å². The Bertz CT molecular complexity index is 396. The highest BCUT2D eigenvalue weighted by molar-refractivity contribution is 14.1. The summed E-state index contributed by atoms with van der Waals surface area (Å²) in [6.07, 6.45) is 3.64. The molecular weight excluding hydrogens is 313 g/mol. The molecule has 1 aromatic rings. The Hall–Kier alpha value is 0.170. The van der Waals surface area contributed by atoms with Crippen molar-refractivity contribution in [1.82, 2.24) is 0 Å². The van der Waals surface area contributed by atoms with Crippen molar-refractivity contribution in [1.29, 1.82) is 0 Å². The summed E-state index contributed by atoms with van der Waals surface area (Å²) in [5.41, 5.74) is 1.45. The van der Waals surface area contributed by atoms with Crippen molar-refractivity contribution >= 4 is 34.2 Å². The molecule has 3 aliphatic rings. The molecule has 3 fully saturated rings.